The molecule has 0 saturated carbocycles. The quantitative estimate of drug-likeness (QED) is 0.643. The summed E-state index contributed by atoms with van der Waals surface area (Å²) in [5.74, 6) is 0.788. The van der Waals surface area contributed by atoms with Gasteiger partial charge in [0, 0.05) is 5.56 Å². The highest BCUT2D eigenvalue weighted by molar-refractivity contribution is 5.98. The van der Waals surface area contributed by atoms with Crippen LogP contribution in [0.25, 0.3) is 6.08 Å². The first-order valence-corrected chi connectivity index (χ1v) is 4.16. The maximum atomic E-state index is 11.1. The lowest BCUT2D eigenvalue weighted by atomic mass is 9.97. The van der Waals surface area contributed by atoms with Crippen LogP contribution in [-0.4, -0.2) is 5.78 Å². The van der Waals surface area contributed by atoms with Gasteiger partial charge in [-0.1, -0.05) is 18.7 Å². The molecule has 1 heterocycles. The molecule has 0 spiro atoms. The molecule has 0 bridgehead atoms. The monoisotopic (exact) mass is 174 g/mol. The second-order valence-electron chi connectivity index (χ2n) is 3.06. The molecule has 0 radical (unpaired) electrons. The Balaban J connectivity index is 2.60. The fourth-order valence-electron chi connectivity index (χ4n) is 1.49. The number of benzene rings is 1. The van der Waals surface area contributed by atoms with E-state index in [0.717, 1.165) is 16.9 Å². The molecule has 1 aromatic carbocycles. The Bertz CT molecular complexity index is 391. The van der Waals surface area contributed by atoms with E-state index >= 15 is 0 Å². The van der Waals surface area contributed by atoms with Crippen LogP contribution in [-0.2, 0) is 6.61 Å². The molecule has 1 aliphatic rings. The SMILES string of the molecule is C=Cc1ccc(C(C)=O)c2c1CO2. The van der Waals surface area contributed by atoms with E-state index < -0.39 is 0 Å². The van der Waals surface area contributed by atoms with E-state index in [2.05, 4.69) is 6.58 Å². The number of carbonyl (C=O) groups excluding carboxylic acids is 1. The lowest BCUT2D eigenvalue weighted by molar-refractivity contribution is 0.100. The zero-order valence-corrected chi connectivity index (χ0v) is 7.46. The minimum Gasteiger partial charge on any atom is -0.488 e. The van der Waals surface area contributed by atoms with Gasteiger partial charge in [-0.2, -0.15) is 0 Å². The zero-order chi connectivity index (χ0) is 9.42. The summed E-state index contributed by atoms with van der Waals surface area (Å²) in [6.07, 6.45) is 1.78. The van der Waals surface area contributed by atoms with Crippen molar-refractivity contribution in [2.45, 2.75) is 13.5 Å². The number of hydrogen-bond donors (Lipinski definition) is 0. The molecule has 1 aromatic rings. The van der Waals surface area contributed by atoms with E-state index in [1.54, 1.807) is 19.1 Å². The first-order chi connectivity index (χ1) is 6.24. The third-order valence-corrected chi connectivity index (χ3v) is 2.26. The molecule has 0 unspecified atom stereocenters. The Kier molecular flexibility index (Phi) is 1.69. The molecule has 13 heavy (non-hydrogen) atoms. The van der Waals surface area contributed by atoms with Gasteiger partial charge in [0.25, 0.3) is 0 Å². The number of fused-ring (bicyclic) bond motifs is 1. The first-order valence-electron chi connectivity index (χ1n) is 4.16. The highest BCUT2D eigenvalue weighted by atomic mass is 16.5. The van der Waals surface area contributed by atoms with Crippen molar-refractivity contribution in [1.29, 1.82) is 0 Å². The van der Waals surface area contributed by atoms with Crippen LogP contribution in [0.1, 0.15) is 28.4 Å². The predicted octanol–water partition coefficient (Wildman–Crippen LogP) is 2.42. The van der Waals surface area contributed by atoms with Crippen LogP contribution in [0.2, 0.25) is 0 Å². The molecule has 0 atom stereocenters. The molecule has 0 aliphatic carbocycles. The molecule has 0 saturated heterocycles. The standard InChI is InChI=1S/C11H10O2/c1-3-8-4-5-9(7(2)12)11-10(8)6-13-11/h3-5H,1,6H2,2H3. The van der Waals surface area contributed by atoms with E-state index in [1.807, 2.05) is 6.07 Å². The average molecular weight is 174 g/mol. The van der Waals surface area contributed by atoms with Crippen LogP contribution >= 0.6 is 0 Å². The smallest absolute Gasteiger partial charge is 0.163 e. The van der Waals surface area contributed by atoms with Gasteiger partial charge >= 0.3 is 0 Å². The number of ketones is 1. The number of ether oxygens (including phenoxy) is 1. The maximum absolute atomic E-state index is 11.1. The second kappa shape index (κ2) is 2.73. The molecule has 1 aliphatic heterocycles. The van der Waals surface area contributed by atoms with Crippen LogP contribution in [0, 0.1) is 0 Å². The summed E-state index contributed by atoms with van der Waals surface area (Å²) in [4.78, 5) is 11.1. The van der Waals surface area contributed by atoms with E-state index in [4.69, 9.17) is 4.74 Å². The van der Waals surface area contributed by atoms with Crippen molar-refractivity contribution >= 4 is 11.9 Å². The lowest BCUT2D eigenvalue weighted by Crippen LogP contribution is -2.15. The Labute approximate surface area is 76.8 Å². The molecule has 2 heteroatoms. The normalized spacial score (nSPS) is 12.4. The van der Waals surface area contributed by atoms with Gasteiger partial charge in [0.2, 0.25) is 0 Å². The minimum atomic E-state index is 0.0477. The summed E-state index contributed by atoms with van der Waals surface area (Å²) >= 11 is 0. The highest BCUT2D eigenvalue weighted by Gasteiger charge is 2.23. The van der Waals surface area contributed by atoms with Gasteiger partial charge < -0.3 is 4.74 Å². The van der Waals surface area contributed by atoms with Gasteiger partial charge in [-0.3, -0.25) is 4.79 Å². The van der Waals surface area contributed by atoms with Crippen LogP contribution in [0.4, 0.5) is 0 Å². The van der Waals surface area contributed by atoms with Gasteiger partial charge in [-0.05, 0) is 18.6 Å². The third kappa shape index (κ3) is 1.06. The molecule has 0 aromatic heterocycles. The van der Waals surface area contributed by atoms with E-state index in [0.29, 0.717) is 12.2 Å². The number of hydrogen-bond acceptors (Lipinski definition) is 2. The summed E-state index contributed by atoms with van der Waals surface area (Å²) < 4.78 is 5.24. The number of rotatable bonds is 2. The second-order valence-corrected chi connectivity index (χ2v) is 3.06. The van der Waals surface area contributed by atoms with Crippen molar-refractivity contribution in [2.24, 2.45) is 0 Å². The van der Waals surface area contributed by atoms with Crippen molar-refractivity contribution in [3.8, 4) is 5.75 Å². The van der Waals surface area contributed by atoms with E-state index in [1.165, 1.54) is 0 Å². The molecular formula is C11H10O2. The van der Waals surface area contributed by atoms with Crippen LogP contribution in [0.15, 0.2) is 18.7 Å². The Morgan fingerprint density at radius 2 is 2.38 bits per heavy atom. The first kappa shape index (κ1) is 8.05. The fraction of sp³-hybridized carbons (Fsp3) is 0.182. The maximum Gasteiger partial charge on any atom is 0.163 e. The predicted molar refractivity (Wildman–Crippen MR) is 50.9 cm³/mol. The number of Topliss-reactive ketones (excluding diaryl/α,β-unsaturated/α-hetero) is 1. The van der Waals surface area contributed by atoms with E-state index in [9.17, 15) is 4.79 Å². The average Bonchev–Trinajstić information content (AvgIpc) is 2.05. The largest absolute Gasteiger partial charge is 0.488 e. The molecule has 2 nitrogen and oxygen atoms in total. The van der Waals surface area contributed by atoms with Crippen molar-refractivity contribution in [3.05, 3.63) is 35.4 Å². The van der Waals surface area contributed by atoms with Gasteiger partial charge in [0.05, 0.1) is 5.56 Å². The van der Waals surface area contributed by atoms with Crippen LogP contribution < -0.4 is 4.74 Å². The van der Waals surface area contributed by atoms with Crippen molar-refractivity contribution < 1.29 is 9.53 Å². The van der Waals surface area contributed by atoms with Gasteiger partial charge in [0.15, 0.2) is 5.78 Å². The summed E-state index contributed by atoms with van der Waals surface area (Å²) in [6, 6.07) is 3.70. The summed E-state index contributed by atoms with van der Waals surface area (Å²) in [5.41, 5.74) is 2.83. The molecule has 0 N–H and O–H groups in total. The summed E-state index contributed by atoms with van der Waals surface area (Å²) in [6.45, 7) is 5.84. The molecular weight excluding hydrogens is 164 g/mol. The van der Waals surface area contributed by atoms with Crippen molar-refractivity contribution in [2.75, 3.05) is 0 Å². The van der Waals surface area contributed by atoms with Crippen LogP contribution in [0.3, 0.4) is 0 Å². The topological polar surface area (TPSA) is 26.3 Å². The van der Waals surface area contributed by atoms with E-state index in [-0.39, 0.29) is 5.78 Å². The Hall–Kier alpha value is -1.57. The number of carbonyl (C=O) groups is 1. The fourth-order valence-corrected chi connectivity index (χ4v) is 1.49. The molecule has 2 rings (SSSR count). The summed E-state index contributed by atoms with van der Waals surface area (Å²) in [7, 11) is 0. The highest BCUT2D eigenvalue weighted by Crippen LogP contribution is 2.36. The van der Waals surface area contributed by atoms with Gasteiger partial charge in [0.1, 0.15) is 12.4 Å². The van der Waals surface area contributed by atoms with Crippen molar-refractivity contribution in [3.63, 3.8) is 0 Å². The van der Waals surface area contributed by atoms with Gasteiger partial charge in [-0.25, -0.2) is 0 Å². The third-order valence-electron chi connectivity index (χ3n) is 2.26. The molecule has 0 amide bonds. The minimum absolute atomic E-state index is 0.0477. The molecule has 66 valence electrons. The lowest BCUT2D eigenvalue weighted by Gasteiger charge is -2.24. The summed E-state index contributed by atoms with van der Waals surface area (Å²) in [5, 5.41) is 0. The zero-order valence-electron chi connectivity index (χ0n) is 7.46. The van der Waals surface area contributed by atoms with Crippen LogP contribution in [0.5, 0.6) is 5.75 Å². The van der Waals surface area contributed by atoms with Gasteiger partial charge in [-0.15, -0.1) is 0 Å². The Morgan fingerprint density at radius 3 is 2.85 bits per heavy atom. The molecule has 0 fully saturated rings. The van der Waals surface area contributed by atoms with Crippen molar-refractivity contribution in [1.82, 2.24) is 0 Å². The Morgan fingerprint density at radius 1 is 1.62 bits per heavy atom.